The van der Waals surface area contributed by atoms with Crippen LogP contribution < -0.4 is 10.2 Å². The summed E-state index contributed by atoms with van der Waals surface area (Å²) in [4.78, 5) is 16.0. The number of phenols is 1. The molecule has 1 atom stereocenters. The fraction of sp³-hybridized carbons (Fsp3) is 0.273. The maximum atomic E-state index is 12.5. The average Bonchev–Trinajstić information content (AvgIpc) is 3.06. The van der Waals surface area contributed by atoms with Crippen LogP contribution in [0.1, 0.15) is 40.5 Å². The monoisotopic (exact) mass is 377 g/mol. The number of carbonyl (C=O) groups is 1. The van der Waals surface area contributed by atoms with Gasteiger partial charge >= 0.3 is 0 Å². The van der Waals surface area contributed by atoms with E-state index in [4.69, 9.17) is 4.74 Å². The average molecular weight is 377 g/mol. The molecule has 4 rings (SSSR count). The number of carbonyl (C=O) groups excluding carboxylic acids is 1. The zero-order valence-electron chi connectivity index (χ0n) is 16.0. The van der Waals surface area contributed by atoms with Crippen LogP contribution in [0.25, 0.3) is 10.9 Å². The summed E-state index contributed by atoms with van der Waals surface area (Å²) in [5.41, 5.74) is 7.56. The molecule has 3 aromatic rings. The van der Waals surface area contributed by atoms with Crippen LogP contribution >= 0.6 is 0 Å². The molecule has 1 aromatic heterocycles. The number of nitrogens with zero attached hydrogens (tertiary/aromatic N) is 1. The molecule has 1 amide bonds. The summed E-state index contributed by atoms with van der Waals surface area (Å²) >= 11 is 0. The van der Waals surface area contributed by atoms with Crippen LogP contribution in [0.15, 0.2) is 41.5 Å². The lowest BCUT2D eigenvalue weighted by Crippen LogP contribution is -2.17. The number of aromatic hydroxyl groups is 1. The van der Waals surface area contributed by atoms with Crippen molar-refractivity contribution in [2.24, 2.45) is 11.0 Å². The van der Waals surface area contributed by atoms with Gasteiger partial charge in [0.1, 0.15) is 0 Å². The minimum Gasteiger partial charge on any atom is -0.504 e. The third kappa shape index (κ3) is 3.45. The van der Waals surface area contributed by atoms with Gasteiger partial charge in [-0.1, -0.05) is 6.92 Å². The molecule has 28 heavy (non-hydrogen) atoms. The minimum atomic E-state index is -0.261. The van der Waals surface area contributed by atoms with E-state index < -0.39 is 0 Å². The van der Waals surface area contributed by atoms with E-state index >= 15 is 0 Å². The molecule has 144 valence electrons. The number of rotatable bonds is 4. The number of ether oxygens (including phenoxy) is 1. The highest BCUT2D eigenvalue weighted by Crippen LogP contribution is 2.32. The van der Waals surface area contributed by atoms with E-state index in [1.165, 1.54) is 37.1 Å². The van der Waals surface area contributed by atoms with Crippen molar-refractivity contribution in [2.45, 2.75) is 26.2 Å². The number of aromatic amines is 1. The number of amides is 1. The van der Waals surface area contributed by atoms with Gasteiger partial charge in [0, 0.05) is 22.2 Å². The van der Waals surface area contributed by atoms with E-state index in [1.807, 2.05) is 18.2 Å². The molecule has 0 spiro atoms. The number of hydrazone groups is 1. The molecule has 0 radical (unpaired) electrons. The molecule has 1 aliphatic rings. The Morgan fingerprint density at radius 2 is 2.18 bits per heavy atom. The van der Waals surface area contributed by atoms with Crippen LogP contribution in [0.3, 0.4) is 0 Å². The second-order valence-electron chi connectivity index (χ2n) is 7.32. The predicted octanol–water partition coefficient (Wildman–Crippen LogP) is 3.77. The zero-order valence-corrected chi connectivity index (χ0v) is 16.0. The Bertz CT molecular complexity index is 1070. The van der Waals surface area contributed by atoms with Crippen LogP contribution in [0.2, 0.25) is 0 Å². The molecule has 6 heteroatoms. The number of aromatic nitrogens is 1. The number of hydrogen-bond acceptors (Lipinski definition) is 4. The molecule has 2 aromatic carbocycles. The fourth-order valence-electron chi connectivity index (χ4n) is 3.74. The maximum absolute atomic E-state index is 12.5. The van der Waals surface area contributed by atoms with Gasteiger partial charge in [-0.25, -0.2) is 5.43 Å². The first kappa shape index (κ1) is 18.1. The van der Waals surface area contributed by atoms with Crippen LogP contribution in [-0.2, 0) is 12.8 Å². The minimum absolute atomic E-state index is 0.0566. The summed E-state index contributed by atoms with van der Waals surface area (Å²) < 4.78 is 5.07. The number of phenolic OH excluding ortho intramolecular Hbond substituents is 1. The summed E-state index contributed by atoms with van der Waals surface area (Å²) in [6.45, 7) is 2.27. The number of aryl methyl sites for hydroxylation is 1. The molecule has 3 N–H and O–H groups in total. The Morgan fingerprint density at radius 3 is 3.00 bits per heavy atom. The third-order valence-electron chi connectivity index (χ3n) is 5.28. The van der Waals surface area contributed by atoms with E-state index in [0.717, 1.165) is 23.7 Å². The standard InChI is InChI=1S/C22H23N3O3/c1-13-3-6-18-16(9-13)17-11-15(5-7-19(17)24-18)22(27)25-23-12-14-4-8-20(26)21(10-14)28-2/h4-5,7-8,10-13,24,26H,3,6,9H2,1-2H3,(H,25,27)/b23-12-. The van der Waals surface area contributed by atoms with E-state index in [-0.39, 0.29) is 11.7 Å². The van der Waals surface area contributed by atoms with Crippen molar-refractivity contribution in [3.63, 3.8) is 0 Å². The van der Waals surface area contributed by atoms with Gasteiger partial charge in [0.15, 0.2) is 11.5 Å². The lowest BCUT2D eigenvalue weighted by molar-refractivity contribution is 0.0955. The first-order chi connectivity index (χ1) is 13.5. The molecule has 1 heterocycles. The highest BCUT2D eigenvalue weighted by molar-refractivity contribution is 5.99. The van der Waals surface area contributed by atoms with Gasteiger partial charge in [-0.2, -0.15) is 5.10 Å². The molecule has 6 nitrogen and oxygen atoms in total. The molecule has 1 unspecified atom stereocenters. The molecule has 0 aliphatic heterocycles. The van der Waals surface area contributed by atoms with E-state index in [2.05, 4.69) is 22.4 Å². The number of methoxy groups -OCH3 is 1. The van der Waals surface area contributed by atoms with Crippen molar-refractivity contribution < 1.29 is 14.6 Å². The Morgan fingerprint density at radius 1 is 1.32 bits per heavy atom. The van der Waals surface area contributed by atoms with Gasteiger partial charge in [-0.3, -0.25) is 4.79 Å². The summed E-state index contributed by atoms with van der Waals surface area (Å²) in [6.07, 6.45) is 4.82. The quantitative estimate of drug-likeness (QED) is 0.478. The second kappa shape index (κ2) is 7.38. The van der Waals surface area contributed by atoms with Crippen LogP contribution in [0.5, 0.6) is 11.5 Å². The third-order valence-corrected chi connectivity index (χ3v) is 5.28. The Hall–Kier alpha value is -3.28. The van der Waals surface area contributed by atoms with Crippen LogP contribution in [-0.4, -0.2) is 29.3 Å². The van der Waals surface area contributed by atoms with Crippen LogP contribution in [0, 0.1) is 5.92 Å². The second-order valence-corrected chi connectivity index (χ2v) is 7.32. The molecule has 1 aliphatic carbocycles. The Balaban J connectivity index is 1.52. The lowest BCUT2D eigenvalue weighted by Gasteiger charge is -2.18. The van der Waals surface area contributed by atoms with Crippen molar-refractivity contribution in [1.29, 1.82) is 0 Å². The topological polar surface area (TPSA) is 86.7 Å². The number of H-pyrrole nitrogens is 1. The lowest BCUT2D eigenvalue weighted by atomic mass is 9.87. The van der Waals surface area contributed by atoms with Gasteiger partial charge in [0.05, 0.1) is 13.3 Å². The number of nitrogens with one attached hydrogen (secondary N) is 2. The van der Waals surface area contributed by atoms with E-state index in [9.17, 15) is 9.90 Å². The van der Waals surface area contributed by atoms with Gasteiger partial charge in [-0.15, -0.1) is 0 Å². The number of fused-ring (bicyclic) bond motifs is 3. The largest absolute Gasteiger partial charge is 0.504 e. The first-order valence-electron chi connectivity index (χ1n) is 9.39. The van der Waals surface area contributed by atoms with Gasteiger partial charge in [-0.05, 0) is 72.7 Å². The van der Waals surface area contributed by atoms with Crippen molar-refractivity contribution >= 4 is 23.0 Å². The highest BCUT2D eigenvalue weighted by atomic mass is 16.5. The highest BCUT2D eigenvalue weighted by Gasteiger charge is 2.20. The summed E-state index contributed by atoms with van der Waals surface area (Å²) in [5.74, 6) is 0.812. The first-order valence-corrected chi connectivity index (χ1v) is 9.39. The van der Waals surface area contributed by atoms with Crippen molar-refractivity contribution in [1.82, 2.24) is 10.4 Å². The Labute approximate surface area is 163 Å². The van der Waals surface area contributed by atoms with Crippen molar-refractivity contribution in [2.75, 3.05) is 7.11 Å². The molecular weight excluding hydrogens is 354 g/mol. The van der Waals surface area contributed by atoms with Gasteiger partial charge in [0.2, 0.25) is 0 Å². The van der Waals surface area contributed by atoms with Crippen molar-refractivity contribution in [3.8, 4) is 11.5 Å². The normalized spacial score (nSPS) is 16.3. The molecule has 0 saturated carbocycles. The number of hydrogen-bond donors (Lipinski definition) is 3. The predicted molar refractivity (Wildman–Crippen MR) is 109 cm³/mol. The fourth-order valence-corrected chi connectivity index (χ4v) is 3.74. The Kier molecular flexibility index (Phi) is 4.77. The summed E-state index contributed by atoms with van der Waals surface area (Å²) in [7, 11) is 1.48. The summed E-state index contributed by atoms with van der Waals surface area (Å²) in [5, 5.41) is 14.8. The number of benzene rings is 2. The molecule has 0 saturated heterocycles. The zero-order chi connectivity index (χ0) is 19.7. The smallest absolute Gasteiger partial charge is 0.271 e. The maximum Gasteiger partial charge on any atom is 0.271 e. The van der Waals surface area contributed by atoms with Gasteiger partial charge in [0.25, 0.3) is 5.91 Å². The molecule has 0 fully saturated rings. The van der Waals surface area contributed by atoms with E-state index in [1.54, 1.807) is 12.1 Å². The van der Waals surface area contributed by atoms with Gasteiger partial charge < -0.3 is 14.8 Å². The molecular formula is C22H23N3O3. The SMILES string of the molecule is COc1cc(/C=N\NC(=O)c2ccc3[nH]c4c(c3c2)CC(C)CC4)ccc1O. The molecule has 0 bridgehead atoms. The van der Waals surface area contributed by atoms with Crippen molar-refractivity contribution in [3.05, 3.63) is 58.8 Å². The van der Waals surface area contributed by atoms with Crippen LogP contribution in [0.4, 0.5) is 0 Å². The summed E-state index contributed by atoms with van der Waals surface area (Å²) in [6, 6.07) is 10.6. The van der Waals surface area contributed by atoms with E-state index in [0.29, 0.717) is 22.8 Å².